The number of nitrogens with zero attached hydrogens (tertiary/aromatic N) is 2. The van der Waals surface area contributed by atoms with Crippen LogP contribution in [0.25, 0.3) is 0 Å². The molecule has 0 radical (unpaired) electrons. The lowest BCUT2D eigenvalue weighted by molar-refractivity contribution is 0.0728. The molecular weight excluding hydrogens is 240 g/mol. The van der Waals surface area contributed by atoms with Gasteiger partial charge in [0, 0.05) is 44.3 Å². The van der Waals surface area contributed by atoms with Gasteiger partial charge in [0.1, 0.15) is 0 Å². The van der Waals surface area contributed by atoms with Gasteiger partial charge in [0.15, 0.2) is 0 Å². The summed E-state index contributed by atoms with van der Waals surface area (Å²) in [5.74, 6) is 0.204. The van der Waals surface area contributed by atoms with Crippen molar-refractivity contribution in [3.63, 3.8) is 0 Å². The molecule has 19 heavy (non-hydrogen) atoms. The smallest absolute Gasteiger partial charge is 0.253 e. The fraction of sp³-hybridized carbons (Fsp3) is 0.533. The molecule has 1 N–H and O–H groups in total. The summed E-state index contributed by atoms with van der Waals surface area (Å²) in [6.07, 6.45) is 0. The Hall–Kier alpha value is -1.39. The van der Waals surface area contributed by atoms with Crippen LogP contribution in [0, 0.1) is 12.8 Å². The highest BCUT2D eigenvalue weighted by molar-refractivity contribution is 5.94. The number of aliphatic hydroxyl groups excluding tert-OH is 1. The number of carbonyl (C=O) groups excluding carboxylic acids is 1. The van der Waals surface area contributed by atoms with Crippen molar-refractivity contribution in [1.29, 1.82) is 0 Å². The molecule has 1 saturated heterocycles. The molecule has 2 rings (SSSR count). The van der Waals surface area contributed by atoms with Gasteiger partial charge in [-0.25, -0.2) is 0 Å². The number of amides is 1. The Bertz CT molecular complexity index is 430. The normalized spacial score (nSPS) is 21.2. The number of aryl methyl sites for hydroxylation is 1. The standard InChI is InChI=1S/C15H22N2O2/c1-12-3-5-14(6-4-12)15(19)17-8-7-16(2)9-13(10-17)11-18/h3-6,13,18H,7-11H2,1-2H3. The van der Waals surface area contributed by atoms with Gasteiger partial charge in [-0.2, -0.15) is 0 Å². The van der Waals surface area contributed by atoms with Crippen LogP contribution in [0.3, 0.4) is 0 Å². The summed E-state index contributed by atoms with van der Waals surface area (Å²) in [5.41, 5.74) is 1.88. The lowest BCUT2D eigenvalue weighted by Crippen LogP contribution is -2.36. The Morgan fingerprint density at radius 3 is 2.58 bits per heavy atom. The third-order valence-corrected chi connectivity index (χ3v) is 3.64. The Balaban J connectivity index is 2.11. The monoisotopic (exact) mass is 262 g/mol. The molecule has 4 nitrogen and oxygen atoms in total. The zero-order chi connectivity index (χ0) is 13.8. The largest absolute Gasteiger partial charge is 0.396 e. The van der Waals surface area contributed by atoms with Gasteiger partial charge in [-0.15, -0.1) is 0 Å². The number of hydrogen-bond acceptors (Lipinski definition) is 3. The van der Waals surface area contributed by atoms with Crippen molar-refractivity contribution >= 4 is 5.91 Å². The van der Waals surface area contributed by atoms with Crippen molar-refractivity contribution < 1.29 is 9.90 Å². The molecule has 1 aromatic rings. The maximum atomic E-state index is 12.5. The highest BCUT2D eigenvalue weighted by atomic mass is 16.3. The Labute approximate surface area is 114 Å². The second-order valence-corrected chi connectivity index (χ2v) is 5.43. The van der Waals surface area contributed by atoms with Crippen molar-refractivity contribution in [3.8, 4) is 0 Å². The molecule has 0 bridgehead atoms. The van der Waals surface area contributed by atoms with Crippen LogP contribution in [0.2, 0.25) is 0 Å². The first-order valence-electron chi connectivity index (χ1n) is 6.75. The number of aliphatic hydroxyl groups is 1. The second kappa shape index (κ2) is 6.17. The van der Waals surface area contributed by atoms with E-state index in [-0.39, 0.29) is 18.4 Å². The molecule has 1 heterocycles. The summed E-state index contributed by atoms with van der Waals surface area (Å²) in [6.45, 7) is 5.19. The Kier molecular flexibility index (Phi) is 4.56. The lowest BCUT2D eigenvalue weighted by atomic mass is 10.1. The van der Waals surface area contributed by atoms with Gasteiger partial charge < -0.3 is 14.9 Å². The van der Waals surface area contributed by atoms with Crippen LogP contribution < -0.4 is 0 Å². The van der Waals surface area contributed by atoms with E-state index in [1.165, 1.54) is 0 Å². The molecule has 1 aliphatic heterocycles. The third-order valence-electron chi connectivity index (χ3n) is 3.64. The molecule has 1 fully saturated rings. The SMILES string of the molecule is Cc1ccc(C(=O)N2CCN(C)CC(CO)C2)cc1. The molecule has 4 heteroatoms. The first kappa shape index (κ1) is 14.0. The zero-order valence-electron chi connectivity index (χ0n) is 11.7. The van der Waals surface area contributed by atoms with Gasteiger partial charge in [-0.1, -0.05) is 17.7 Å². The van der Waals surface area contributed by atoms with E-state index in [1.807, 2.05) is 43.1 Å². The van der Waals surface area contributed by atoms with E-state index in [4.69, 9.17) is 0 Å². The van der Waals surface area contributed by atoms with E-state index < -0.39 is 0 Å². The maximum Gasteiger partial charge on any atom is 0.253 e. The molecule has 1 atom stereocenters. The van der Waals surface area contributed by atoms with Gasteiger partial charge >= 0.3 is 0 Å². The van der Waals surface area contributed by atoms with Crippen molar-refractivity contribution in [1.82, 2.24) is 9.80 Å². The zero-order valence-corrected chi connectivity index (χ0v) is 11.7. The molecular formula is C15H22N2O2. The fourth-order valence-corrected chi connectivity index (χ4v) is 2.46. The van der Waals surface area contributed by atoms with Crippen molar-refractivity contribution in [3.05, 3.63) is 35.4 Å². The third kappa shape index (κ3) is 3.55. The van der Waals surface area contributed by atoms with E-state index in [0.717, 1.165) is 30.8 Å². The Morgan fingerprint density at radius 2 is 1.95 bits per heavy atom. The molecule has 104 valence electrons. The molecule has 1 amide bonds. The number of likely N-dealkylation sites (N-methyl/N-ethyl adjacent to an activating group) is 1. The molecule has 0 aromatic heterocycles. The first-order chi connectivity index (χ1) is 9.10. The molecule has 0 spiro atoms. The quantitative estimate of drug-likeness (QED) is 0.864. The minimum atomic E-state index is 0.0637. The minimum Gasteiger partial charge on any atom is -0.396 e. The molecule has 1 aliphatic rings. The van der Waals surface area contributed by atoms with Crippen LogP contribution in [-0.4, -0.2) is 60.6 Å². The summed E-state index contributed by atoms with van der Waals surface area (Å²) in [6, 6.07) is 7.67. The highest BCUT2D eigenvalue weighted by Crippen LogP contribution is 2.13. The van der Waals surface area contributed by atoms with Crippen LogP contribution in [0.1, 0.15) is 15.9 Å². The average molecular weight is 262 g/mol. The molecule has 1 aromatic carbocycles. The van der Waals surface area contributed by atoms with Crippen LogP contribution in [-0.2, 0) is 0 Å². The summed E-state index contributed by atoms with van der Waals surface area (Å²) < 4.78 is 0. The van der Waals surface area contributed by atoms with E-state index in [2.05, 4.69) is 4.90 Å². The summed E-state index contributed by atoms with van der Waals surface area (Å²) in [4.78, 5) is 16.5. The van der Waals surface area contributed by atoms with Gasteiger partial charge in [0.2, 0.25) is 0 Å². The van der Waals surface area contributed by atoms with Gasteiger partial charge in [-0.3, -0.25) is 4.79 Å². The van der Waals surface area contributed by atoms with E-state index in [1.54, 1.807) is 0 Å². The molecule has 1 unspecified atom stereocenters. The second-order valence-electron chi connectivity index (χ2n) is 5.43. The topological polar surface area (TPSA) is 43.8 Å². The van der Waals surface area contributed by atoms with E-state index in [9.17, 15) is 9.90 Å². The number of benzene rings is 1. The number of rotatable bonds is 2. The van der Waals surface area contributed by atoms with Gasteiger partial charge in [-0.05, 0) is 26.1 Å². The maximum absolute atomic E-state index is 12.5. The van der Waals surface area contributed by atoms with E-state index in [0.29, 0.717) is 6.54 Å². The average Bonchev–Trinajstić information content (AvgIpc) is 2.60. The van der Waals surface area contributed by atoms with Crippen LogP contribution in [0.4, 0.5) is 0 Å². The Morgan fingerprint density at radius 1 is 1.26 bits per heavy atom. The minimum absolute atomic E-state index is 0.0637. The number of hydrogen-bond donors (Lipinski definition) is 1. The summed E-state index contributed by atoms with van der Waals surface area (Å²) in [5, 5.41) is 9.38. The van der Waals surface area contributed by atoms with Gasteiger partial charge in [0.25, 0.3) is 5.91 Å². The first-order valence-corrected chi connectivity index (χ1v) is 6.75. The lowest BCUT2D eigenvalue weighted by Gasteiger charge is -2.23. The van der Waals surface area contributed by atoms with Gasteiger partial charge in [0.05, 0.1) is 0 Å². The predicted molar refractivity (Wildman–Crippen MR) is 75.2 cm³/mol. The van der Waals surface area contributed by atoms with Crippen molar-refractivity contribution in [2.45, 2.75) is 6.92 Å². The van der Waals surface area contributed by atoms with Crippen LogP contribution in [0.15, 0.2) is 24.3 Å². The van der Waals surface area contributed by atoms with E-state index >= 15 is 0 Å². The van der Waals surface area contributed by atoms with Crippen molar-refractivity contribution in [2.75, 3.05) is 39.8 Å². The predicted octanol–water partition coefficient (Wildman–Crippen LogP) is 0.991. The summed E-state index contributed by atoms with van der Waals surface area (Å²) >= 11 is 0. The van der Waals surface area contributed by atoms with Crippen molar-refractivity contribution in [2.24, 2.45) is 5.92 Å². The fourth-order valence-electron chi connectivity index (χ4n) is 2.46. The summed E-state index contributed by atoms with van der Waals surface area (Å²) in [7, 11) is 2.03. The molecule has 0 saturated carbocycles. The van der Waals surface area contributed by atoms with Crippen LogP contribution >= 0.6 is 0 Å². The highest BCUT2D eigenvalue weighted by Gasteiger charge is 2.24. The molecule has 0 aliphatic carbocycles. The van der Waals surface area contributed by atoms with Crippen LogP contribution in [0.5, 0.6) is 0 Å². The number of carbonyl (C=O) groups is 1.